The van der Waals surface area contributed by atoms with Crippen molar-refractivity contribution in [2.45, 2.75) is 37.5 Å². The second-order valence-electron chi connectivity index (χ2n) is 4.50. The van der Waals surface area contributed by atoms with Crippen LogP contribution in [0.15, 0.2) is 0 Å². The quantitative estimate of drug-likeness (QED) is 0.507. The lowest BCUT2D eigenvalue weighted by Crippen LogP contribution is -2.46. The first-order valence-corrected chi connectivity index (χ1v) is 8.06. The number of rotatable bonds is 9. The third-order valence-electron chi connectivity index (χ3n) is 2.87. The van der Waals surface area contributed by atoms with E-state index >= 15 is 0 Å². The lowest BCUT2D eigenvalue weighted by molar-refractivity contribution is -0.142. The van der Waals surface area contributed by atoms with Gasteiger partial charge in [-0.1, -0.05) is 6.92 Å². The van der Waals surface area contributed by atoms with Crippen molar-refractivity contribution < 1.29 is 28.4 Å². The molecule has 2 unspecified atom stereocenters. The molecule has 8 nitrogen and oxygen atoms in total. The summed E-state index contributed by atoms with van der Waals surface area (Å²) >= 11 is 0. The molecular formula is C12H22N2O6S. The topological polar surface area (TPSA) is 122 Å². The van der Waals surface area contributed by atoms with E-state index in [-0.39, 0.29) is 24.6 Å². The van der Waals surface area contributed by atoms with Gasteiger partial charge >= 0.3 is 18.0 Å². The number of hydrogen-bond donors (Lipinski definition) is 3. The van der Waals surface area contributed by atoms with Crippen LogP contribution in [0.5, 0.6) is 0 Å². The van der Waals surface area contributed by atoms with Crippen molar-refractivity contribution >= 4 is 28.8 Å². The fourth-order valence-electron chi connectivity index (χ4n) is 1.39. The van der Waals surface area contributed by atoms with Crippen molar-refractivity contribution in [1.82, 2.24) is 10.6 Å². The van der Waals surface area contributed by atoms with Crippen molar-refractivity contribution in [3.05, 3.63) is 0 Å². The molecule has 0 aromatic heterocycles. The van der Waals surface area contributed by atoms with E-state index in [4.69, 9.17) is 5.11 Å². The second kappa shape index (κ2) is 10.1. The van der Waals surface area contributed by atoms with Gasteiger partial charge in [0.15, 0.2) is 0 Å². The third-order valence-corrected chi connectivity index (χ3v) is 4.24. The van der Waals surface area contributed by atoms with Gasteiger partial charge in [-0.25, -0.2) is 9.59 Å². The fraction of sp³-hybridized carbons (Fsp3) is 0.750. The number of carboxylic acids is 1. The molecule has 0 radical (unpaired) electrons. The summed E-state index contributed by atoms with van der Waals surface area (Å²) in [6, 6.07) is -1.80. The van der Waals surface area contributed by atoms with Crippen molar-refractivity contribution in [2.75, 3.05) is 19.9 Å². The van der Waals surface area contributed by atoms with E-state index in [2.05, 4.69) is 15.4 Å². The summed E-state index contributed by atoms with van der Waals surface area (Å²) in [5.41, 5.74) is 0. The number of nitrogens with one attached hydrogen (secondary N) is 2. The summed E-state index contributed by atoms with van der Waals surface area (Å²) in [4.78, 5) is 33.5. The zero-order chi connectivity index (χ0) is 16.4. The molecule has 0 bridgehead atoms. The molecular weight excluding hydrogens is 300 g/mol. The van der Waals surface area contributed by atoms with Crippen LogP contribution in [0.2, 0.25) is 0 Å². The van der Waals surface area contributed by atoms with Crippen molar-refractivity contribution in [1.29, 1.82) is 0 Å². The number of urea groups is 1. The van der Waals surface area contributed by atoms with Crippen LogP contribution < -0.4 is 10.6 Å². The number of methoxy groups -OCH3 is 1. The minimum Gasteiger partial charge on any atom is -0.480 e. The SMILES string of the molecule is COC(=O)CC[C@@H](NC(=O)NCCC(C)S(C)=O)C(=O)O. The Bertz CT molecular complexity index is 401. The normalized spacial score (nSPS) is 14.6. The van der Waals surface area contributed by atoms with Crippen LogP contribution >= 0.6 is 0 Å². The molecule has 0 saturated heterocycles. The highest BCUT2D eigenvalue weighted by Crippen LogP contribution is 2.00. The Hall–Kier alpha value is -1.64. The van der Waals surface area contributed by atoms with Crippen molar-refractivity contribution in [3.63, 3.8) is 0 Å². The molecule has 0 heterocycles. The minimum absolute atomic E-state index is 0.0508. The number of esters is 1. The molecule has 0 fully saturated rings. The highest BCUT2D eigenvalue weighted by atomic mass is 32.2. The molecule has 3 atom stereocenters. The largest absolute Gasteiger partial charge is 0.480 e. The van der Waals surface area contributed by atoms with Crippen LogP contribution in [0.1, 0.15) is 26.2 Å². The molecule has 0 aromatic rings. The number of hydrogen-bond acceptors (Lipinski definition) is 5. The van der Waals surface area contributed by atoms with Crippen LogP contribution in [0.3, 0.4) is 0 Å². The van der Waals surface area contributed by atoms with Crippen LogP contribution in [0, 0.1) is 0 Å². The summed E-state index contributed by atoms with van der Waals surface area (Å²) in [6.45, 7) is 2.09. The Morgan fingerprint density at radius 1 is 1.29 bits per heavy atom. The first-order chi connectivity index (χ1) is 9.77. The Labute approximate surface area is 126 Å². The van der Waals surface area contributed by atoms with Gasteiger partial charge in [0.1, 0.15) is 6.04 Å². The predicted molar refractivity (Wildman–Crippen MR) is 77.4 cm³/mol. The highest BCUT2D eigenvalue weighted by Gasteiger charge is 2.21. The summed E-state index contributed by atoms with van der Waals surface area (Å²) < 4.78 is 15.5. The van der Waals surface area contributed by atoms with E-state index in [1.54, 1.807) is 13.2 Å². The van der Waals surface area contributed by atoms with Gasteiger partial charge in [0.25, 0.3) is 0 Å². The number of carbonyl (C=O) groups excluding carboxylic acids is 2. The van der Waals surface area contributed by atoms with Gasteiger partial charge in [0.05, 0.1) is 7.11 Å². The van der Waals surface area contributed by atoms with E-state index in [0.717, 1.165) is 0 Å². The Kier molecular flexibility index (Phi) is 9.35. The molecule has 0 aliphatic carbocycles. The smallest absolute Gasteiger partial charge is 0.326 e. The van der Waals surface area contributed by atoms with Crippen molar-refractivity contribution in [3.8, 4) is 0 Å². The average Bonchev–Trinajstić information content (AvgIpc) is 2.42. The molecule has 9 heteroatoms. The first kappa shape index (κ1) is 19.4. The zero-order valence-corrected chi connectivity index (χ0v) is 13.2. The first-order valence-electron chi connectivity index (χ1n) is 6.44. The minimum atomic E-state index is -1.22. The predicted octanol–water partition coefficient (Wildman–Crippen LogP) is -0.151. The van der Waals surface area contributed by atoms with Gasteiger partial charge in [-0.05, 0) is 12.8 Å². The van der Waals surface area contributed by atoms with Gasteiger partial charge in [-0.2, -0.15) is 0 Å². The lowest BCUT2D eigenvalue weighted by atomic mass is 10.1. The molecule has 0 saturated carbocycles. The summed E-state index contributed by atoms with van der Waals surface area (Å²) in [6.07, 6.45) is 1.96. The molecule has 0 aliphatic rings. The molecule has 0 rings (SSSR count). The van der Waals surface area contributed by atoms with E-state index < -0.39 is 34.8 Å². The van der Waals surface area contributed by atoms with E-state index in [1.807, 2.05) is 0 Å². The highest BCUT2D eigenvalue weighted by molar-refractivity contribution is 7.84. The third kappa shape index (κ3) is 9.01. The van der Waals surface area contributed by atoms with Gasteiger partial charge in [0.2, 0.25) is 0 Å². The maximum Gasteiger partial charge on any atom is 0.326 e. The summed E-state index contributed by atoms with van der Waals surface area (Å²) in [5.74, 6) is -1.76. The van der Waals surface area contributed by atoms with Gasteiger partial charge in [0, 0.05) is 35.3 Å². The second-order valence-corrected chi connectivity index (χ2v) is 6.31. The number of aliphatic carboxylic acids is 1. The van der Waals surface area contributed by atoms with Crippen LogP contribution in [-0.4, -0.2) is 58.5 Å². The zero-order valence-electron chi connectivity index (χ0n) is 12.4. The van der Waals surface area contributed by atoms with Crippen LogP contribution in [0.25, 0.3) is 0 Å². The molecule has 122 valence electrons. The molecule has 0 spiro atoms. The number of ether oxygens (including phenoxy) is 1. The van der Waals surface area contributed by atoms with Crippen LogP contribution in [-0.2, 0) is 25.1 Å². The van der Waals surface area contributed by atoms with E-state index in [9.17, 15) is 18.6 Å². The maximum atomic E-state index is 11.5. The molecule has 0 aromatic carbocycles. The molecule has 2 amide bonds. The van der Waals surface area contributed by atoms with Gasteiger partial charge < -0.3 is 20.5 Å². The Balaban J connectivity index is 4.14. The standard InChI is InChI=1S/C12H22N2O6S/c1-8(21(3)19)6-7-13-12(18)14-9(11(16)17)4-5-10(15)20-2/h8-9H,4-7H2,1-3H3,(H,16,17)(H2,13,14,18)/t8?,9-,21?/m1/s1. The maximum absolute atomic E-state index is 11.5. The fourth-order valence-corrected chi connectivity index (χ4v) is 1.84. The average molecular weight is 322 g/mol. The lowest BCUT2D eigenvalue weighted by Gasteiger charge is -2.15. The summed E-state index contributed by atoms with van der Waals surface area (Å²) in [7, 11) is 0.236. The Morgan fingerprint density at radius 2 is 1.90 bits per heavy atom. The number of carbonyl (C=O) groups is 3. The van der Waals surface area contributed by atoms with Crippen LogP contribution in [0.4, 0.5) is 4.79 Å². The number of amides is 2. The monoisotopic (exact) mass is 322 g/mol. The van der Waals surface area contributed by atoms with Gasteiger partial charge in [-0.3, -0.25) is 9.00 Å². The van der Waals surface area contributed by atoms with Crippen molar-refractivity contribution in [2.24, 2.45) is 0 Å². The molecule has 3 N–H and O–H groups in total. The van der Waals surface area contributed by atoms with Gasteiger partial charge in [-0.15, -0.1) is 0 Å². The summed E-state index contributed by atoms with van der Waals surface area (Å²) in [5, 5.41) is 13.7. The van der Waals surface area contributed by atoms with E-state index in [1.165, 1.54) is 7.11 Å². The van der Waals surface area contributed by atoms with E-state index in [0.29, 0.717) is 6.42 Å². The molecule has 21 heavy (non-hydrogen) atoms. The number of carboxylic acid groups (broad SMARTS) is 1. The Morgan fingerprint density at radius 3 is 2.38 bits per heavy atom. The molecule has 0 aliphatic heterocycles.